The van der Waals surface area contributed by atoms with Crippen LogP contribution in [0.15, 0.2) is 12.1 Å². The van der Waals surface area contributed by atoms with Crippen LogP contribution < -0.4 is 5.32 Å². The molecule has 1 aromatic heterocycles. The molecule has 0 aromatic carbocycles. The predicted octanol–water partition coefficient (Wildman–Crippen LogP) is 0.747. The van der Waals surface area contributed by atoms with Gasteiger partial charge in [-0.15, -0.1) is 0 Å². The zero-order valence-corrected chi connectivity index (χ0v) is 10.5. The zero-order valence-electron chi connectivity index (χ0n) is 10.5. The predicted molar refractivity (Wildman–Crippen MR) is 67.9 cm³/mol. The summed E-state index contributed by atoms with van der Waals surface area (Å²) in [5.41, 5.74) is 0.297. The molecule has 2 saturated heterocycles. The number of amides is 1. The molecule has 2 aliphatic rings. The minimum atomic E-state index is -0.526. The van der Waals surface area contributed by atoms with E-state index in [1.807, 2.05) is 0 Å². The van der Waals surface area contributed by atoms with Crippen LogP contribution in [0.2, 0.25) is 0 Å². The highest BCUT2D eigenvalue weighted by molar-refractivity contribution is 5.93. The van der Waals surface area contributed by atoms with E-state index in [-0.39, 0.29) is 11.7 Å². The highest BCUT2D eigenvalue weighted by Crippen LogP contribution is 2.26. The van der Waals surface area contributed by atoms with Gasteiger partial charge in [-0.3, -0.25) is 4.79 Å². The summed E-state index contributed by atoms with van der Waals surface area (Å²) in [4.78, 5) is 26.7. The second-order valence-corrected chi connectivity index (χ2v) is 5.19. The van der Waals surface area contributed by atoms with Crippen LogP contribution >= 0.6 is 0 Å². The third-order valence-corrected chi connectivity index (χ3v) is 3.98. The molecule has 0 saturated carbocycles. The number of H-pyrrole nitrogens is 1. The molecule has 7 heteroatoms. The van der Waals surface area contributed by atoms with Gasteiger partial charge in [0.05, 0.1) is 0 Å². The van der Waals surface area contributed by atoms with Crippen LogP contribution in [0.25, 0.3) is 0 Å². The molecule has 0 radical (unpaired) electrons. The molecule has 1 amide bonds. The van der Waals surface area contributed by atoms with E-state index in [2.05, 4.69) is 10.3 Å². The van der Waals surface area contributed by atoms with Crippen LogP contribution in [0.4, 0.5) is 5.82 Å². The first-order valence-electron chi connectivity index (χ1n) is 6.51. The fourth-order valence-corrected chi connectivity index (χ4v) is 3.00. The molecule has 0 spiro atoms. The average Bonchev–Trinajstić information content (AvgIpc) is 3.04. The third kappa shape index (κ3) is 2.21. The molecule has 3 rings (SSSR count). The van der Waals surface area contributed by atoms with Crippen molar-refractivity contribution < 1.29 is 9.72 Å². The van der Waals surface area contributed by atoms with Crippen molar-refractivity contribution in [2.24, 2.45) is 5.92 Å². The summed E-state index contributed by atoms with van der Waals surface area (Å²) in [6, 6.07) is 3.19. The highest BCUT2D eigenvalue weighted by Gasteiger charge is 2.37. The molecule has 102 valence electrons. The van der Waals surface area contributed by atoms with Crippen molar-refractivity contribution >= 4 is 11.7 Å². The van der Waals surface area contributed by atoms with E-state index in [4.69, 9.17) is 0 Å². The number of rotatable bonds is 2. The maximum Gasteiger partial charge on any atom is 0.321 e. The molecule has 3 heterocycles. The molecule has 2 fully saturated rings. The summed E-state index contributed by atoms with van der Waals surface area (Å²) in [7, 11) is 0. The van der Waals surface area contributed by atoms with Crippen LogP contribution in [0.3, 0.4) is 0 Å². The maximum atomic E-state index is 12.3. The van der Waals surface area contributed by atoms with Gasteiger partial charge in [0, 0.05) is 25.2 Å². The van der Waals surface area contributed by atoms with Gasteiger partial charge in [0.25, 0.3) is 5.91 Å². The van der Waals surface area contributed by atoms with Gasteiger partial charge in [-0.1, -0.05) is 0 Å². The largest absolute Gasteiger partial charge is 0.358 e. The molecule has 2 aliphatic heterocycles. The Balaban J connectivity index is 1.71. The van der Waals surface area contributed by atoms with Crippen LogP contribution in [-0.4, -0.2) is 46.4 Å². The molecule has 1 aromatic rings. The Kier molecular flexibility index (Phi) is 2.98. The van der Waals surface area contributed by atoms with Gasteiger partial charge in [0.1, 0.15) is 0 Å². The quantitative estimate of drug-likeness (QED) is 0.609. The Labute approximate surface area is 110 Å². The summed E-state index contributed by atoms with van der Waals surface area (Å²) in [6.45, 7) is 2.44. The fraction of sp³-hybridized carbons (Fsp3) is 0.583. The van der Waals surface area contributed by atoms with Crippen LogP contribution in [0.1, 0.15) is 23.3 Å². The monoisotopic (exact) mass is 264 g/mol. The summed E-state index contributed by atoms with van der Waals surface area (Å²) < 4.78 is 0. The number of likely N-dealkylation sites (tertiary alicyclic amines) is 1. The lowest BCUT2D eigenvalue weighted by Gasteiger charge is -2.24. The molecule has 2 unspecified atom stereocenters. The first-order chi connectivity index (χ1) is 9.15. The molecular formula is C12H16N4O3. The Morgan fingerprint density at radius 1 is 1.42 bits per heavy atom. The van der Waals surface area contributed by atoms with Crippen molar-refractivity contribution in [2.75, 3.05) is 19.6 Å². The van der Waals surface area contributed by atoms with E-state index in [9.17, 15) is 14.9 Å². The summed E-state index contributed by atoms with van der Waals surface area (Å²) >= 11 is 0. The van der Waals surface area contributed by atoms with Gasteiger partial charge in [-0.05, 0) is 36.3 Å². The van der Waals surface area contributed by atoms with Crippen molar-refractivity contribution in [3.8, 4) is 0 Å². The minimum absolute atomic E-state index is 0.141. The average molecular weight is 264 g/mol. The van der Waals surface area contributed by atoms with Crippen LogP contribution in [0, 0.1) is 16.0 Å². The second-order valence-electron chi connectivity index (χ2n) is 5.19. The second kappa shape index (κ2) is 4.65. The molecule has 19 heavy (non-hydrogen) atoms. The molecule has 7 nitrogen and oxygen atoms in total. The number of piperidine rings is 1. The van der Waals surface area contributed by atoms with Crippen molar-refractivity contribution in [1.29, 1.82) is 0 Å². The van der Waals surface area contributed by atoms with Crippen LogP contribution in [0.5, 0.6) is 0 Å². The molecule has 0 bridgehead atoms. The maximum absolute atomic E-state index is 12.3. The number of nitro groups is 1. The summed E-state index contributed by atoms with van der Waals surface area (Å²) in [6.07, 6.45) is 2.30. The van der Waals surface area contributed by atoms with E-state index in [1.54, 1.807) is 4.90 Å². The number of nitrogens with one attached hydrogen (secondary N) is 2. The number of fused-ring (bicyclic) bond motifs is 1. The summed E-state index contributed by atoms with van der Waals surface area (Å²) in [5.74, 6) is 0.227. The normalized spacial score (nSPS) is 26.2. The van der Waals surface area contributed by atoms with Gasteiger partial charge in [0.15, 0.2) is 5.69 Å². The molecule has 2 N–H and O–H groups in total. The third-order valence-electron chi connectivity index (χ3n) is 3.98. The van der Waals surface area contributed by atoms with Gasteiger partial charge in [-0.25, -0.2) is 4.98 Å². The number of carbonyl (C=O) groups is 1. The first kappa shape index (κ1) is 12.2. The van der Waals surface area contributed by atoms with E-state index in [0.717, 1.165) is 25.9 Å². The lowest BCUT2D eigenvalue weighted by Crippen LogP contribution is -2.41. The van der Waals surface area contributed by atoms with Gasteiger partial charge in [0.2, 0.25) is 0 Å². The van der Waals surface area contributed by atoms with Gasteiger partial charge >= 0.3 is 5.82 Å². The number of aromatic amines is 1. The Morgan fingerprint density at radius 3 is 2.95 bits per heavy atom. The van der Waals surface area contributed by atoms with Crippen molar-refractivity contribution in [2.45, 2.75) is 18.9 Å². The highest BCUT2D eigenvalue weighted by atomic mass is 16.6. The SMILES string of the molecule is O=C(c1ccc([N+](=O)[O-])[nH]1)N1CC2CCCNC2C1. The number of aromatic nitrogens is 1. The Morgan fingerprint density at radius 2 is 2.26 bits per heavy atom. The lowest BCUT2D eigenvalue weighted by molar-refractivity contribution is -0.389. The number of nitrogens with zero attached hydrogens (tertiary/aromatic N) is 2. The van der Waals surface area contributed by atoms with E-state index >= 15 is 0 Å². The van der Waals surface area contributed by atoms with E-state index < -0.39 is 4.92 Å². The lowest BCUT2D eigenvalue weighted by atomic mass is 9.94. The fourth-order valence-electron chi connectivity index (χ4n) is 3.00. The first-order valence-corrected chi connectivity index (χ1v) is 6.51. The smallest absolute Gasteiger partial charge is 0.321 e. The Bertz CT molecular complexity index is 499. The molecule has 0 aliphatic carbocycles. The van der Waals surface area contributed by atoms with Gasteiger partial charge in [-0.2, -0.15) is 0 Å². The number of hydrogen-bond acceptors (Lipinski definition) is 4. The topological polar surface area (TPSA) is 91.3 Å². The zero-order chi connectivity index (χ0) is 13.4. The standard InChI is InChI=1S/C12H16N4O3/c17-12(9-3-4-11(14-9)16(18)19)15-6-8-2-1-5-13-10(8)7-15/h3-4,8,10,13-14H,1-2,5-7H2. The van der Waals surface area contributed by atoms with Gasteiger partial charge < -0.3 is 20.3 Å². The number of hydrogen-bond donors (Lipinski definition) is 2. The van der Waals surface area contributed by atoms with Crippen molar-refractivity contribution in [1.82, 2.24) is 15.2 Å². The van der Waals surface area contributed by atoms with E-state index in [1.165, 1.54) is 12.1 Å². The van der Waals surface area contributed by atoms with Crippen molar-refractivity contribution in [3.63, 3.8) is 0 Å². The number of carbonyl (C=O) groups excluding carboxylic acids is 1. The molecule has 2 atom stereocenters. The van der Waals surface area contributed by atoms with E-state index in [0.29, 0.717) is 24.2 Å². The minimum Gasteiger partial charge on any atom is -0.358 e. The Hall–Kier alpha value is -1.89. The molecular weight excluding hydrogens is 248 g/mol. The summed E-state index contributed by atoms with van der Waals surface area (Å²) in [5, 5.41) is 14.0. The van der Waals surface area contributed by atoms with Crippen LogP contribution in [-0.2, 0) is 0 Å². The van der Waals surface area contributed by atoms with Crippen molar-refractivity contribution in [3.05, 3.63) is 27.9 Å².